The number of nitrogens with zero attached hydrogens (tertiary/aromatic N) is 2. The first-order valence-corrected chi connectivity index (χ1v) is 14.8. The van der Waals surface area contributed by atoms with Crippen LogP contribution in [0.4, 0.5) is 0 Å². The van der Waals surface area contributed by atoms with Gasteiger partial charge in [0.25, 0.3) is 0 Å². The molecule has 208 valence electrons. The summed E-state index contributed by atoms with van der Waals surface area (Å²) in [6.07, 6.45) is 0. The van der Waals surface area contributed by atoms with Crippen LogP contribution in [0.1, 0.15) is 22.3 Å². The van der Waals surface area contributed by atoms with Crippen LogP contribution in [-0.2, 0) is 5.41 Å². The van der Waals surface area contributed by atoms with Gasteiger partial charge in [0.1, 0.15) is 11.5 Å². The second-order valence-electron chi connectivity index (χ2n) is 11.0. The molecule has 0 spiro atoms. The Hall–Kier alpha value is -5.80. The highest BCUT2D eigenvalue weighted by atomic mass is 16.5. The summed E-state index contributed by atoms with van der Waals surface area (Å²) in [5.41, 5.74) is 10.3. The molecule has 8 rings (SSSR count). The van der Waals surface area contributed by atoms with Crippen molar-refractivity contribution in [3.8, 4) is 45.1 Å². The van der Waals surface area contributed by atoms with Crippen molar-refractivity contribution in [1.82, 2.24) is 10.2 Å². The second kappa shape index (κ2) is 10.8. The molecule has 0 saturated carbocycles. The van der Waals surface area contributed by atoms with E-state index in [2.05, 4.69) is 125 Å². The van der Waals surface area contributed by atoms with Crippen molar-refractivity contribution in [3.63, 3.8) is 0 Å². The maximum Gasteiger partial charge on any atom is 0.132 e. The maximum atomic E-state index is 6.44. The summed E-state index contributed by atoms with van der Waals surface area (Å²) in [5.74, 6) is 1.77. The fraction of sp³-hybridized carbons (Fsp3) is 0.0244. The maximum absolute atomic E-state index is 6.44. The molecule has 6 aromatic carbocycles. The summed E-state index contributed by atoms with van der Waals surface area (Å²) in [7, 11) is 0. The molecule has 0 radical (unpaired) electrons. The number of fused-ring (bicyclic) bond motifs is 2. The molecule has 0 aliphatic carbocycles. The summed E-state index contributed by atoms with van der Waals surface area (Å²) in [6.45, 7) is 0. The number of rotatable bonds is 5. The predicted octanol–water partition coefficient (Wildman–Crippen LogP) is 9.97. The monoisotopic (exact) mass is 564 g/mol. The van der Waals surface area contributed by atoms with Crippen molar-refractivity contribution in [3.05, 3.63) is 192 Å². The fourth-order valence-corrected chi connectivity index (χ4v) is 6.47. The van der Waals surface area contributed by atoms with Gasteiger partial charge in [-0.05, 0) is 46.5 Å². The molecule has 44 heavy (non-hydrogen) atoms. The largest absolute Gasteiger partial charge is 0.457 e. The summed E-state index contributed by atoms with van der Waals surface area (Å²) in [5, 5.41) is 8.97. The van der Waals surface area contributed by atoms with Gasteiger partial charge in [-0.2, -0.15) is 0 Å². The van der Waals surface area contributed by atoms with E-state index < -0.39 is 5.41 Å². The van der Waals surface area contributed by atoms with Crippen LogP contribution in [0.15, 0.2) is 170 Å². The van der Waals surface area contributed by atoms with Crippen molar-refractivity contribution in [2.45, 2.75) is 5.41 Å². The molecule has 0 bridgehead atoms. The van der Waals surface area contributed by atoms with E-state index >= 15 is 0 Å². The van der Waals surface area contributed by atoms with E-state index in [9.17, 15) is 0 Å². The van der Waals surface area contributed by atoms with Crippen molar-refractivity contribution in [2.24, 2.45) is 0 Å². The van der Waals surface area contributed by atoms with Gasteiger partial charge in [-0.25, -0.2) is 0 Å². The number of ether oxygens (including phenoxy) is 1. The third kappa shape index (κ3) is 4.29. The quantitative estimate of drug-likeness (QED) is 0.209. The molecule has 1 aliphatic rings. The zero-order valence-electron chi connectivity index (χ0n) is 24.0. The van der Waals surface area contributed by atoms with Crippen LogP contribution in [-0.4, -0.2) is 10.2 Å². The number of hydrogen-bond donors (Lipinski definition) is 0. The molecule has 3 nitrogen and oxygen atoms in total. The van der Waals surface area contributed by atoms with Gasteiger partial charge in [0.15, 0.2) is 0 Å². The first-order valence-electron chi connectivity index (χ1n) is 14.8. The van der Waals surface area contributed by atoms with E-state index in [0.29, 0.717) is 0 Å². The van der Waals surface area contributed by atoms with Gasteiger partial charge >= 0.3 is 0 Å². The molecule has 1 aliphatic heterocycles. The van der Waals surface area contributed by atoms with E-state index in [1.807, 2.05) is 54.6 Å². The topological polar surface area (TPSA) is 35.0 Å². The number of para-hydroxylation sites is 2. The number of aromatic nitrogens is 2. The van der Waals surface area contributed by atoms with Gasteiger partial charge < -0.3 is 4.74 Å². The molecule has 2 heterocycles. The Labute approximate surface area is 257 Å². The van der Waals surface area contributed by atoms with E-state index in [-0.39, 0.29) is 0 Å². The van der Waals surface area contributed by atoms with Crippen LogP contribution in [0.25, 0.3) is 33.6 Å². The van der Waals surface area contributed by atoms with Crippen LogP contribution in [0.2, 0.25) is 0 Å². The fourth-order valence-electron chi connectivity index (χ4n) is 6.47. The zero-order chi connectivity index (χ0) is 29.3. The summed E-state index contributed by atoms with van der Waals surface area (Å²) >= 11 is 0. The predicted molar refractivity (Wildman–Crippen MR) is 177 cm³/mol. The van der Waals surface area contributed by atoms with Crippen LogP contribution < -0.4 is 4.74 Å². The normalized spacial score (nSPS) is 12.9. The molecule has 0 unspecified atom stereocenters. The molecule has 0 fully saturated rings. The molecule has 0 atom stereocenters. The van der Waals surface area contributed by atoms with Gasteiger partial charge in [-0.3, -0.25) is 0 Å². The minimum atomic E-state index is -0.514. The van der Waals surface area contributed by atoms with Gasteiger partial charge in [-0.1, -0.05) is 146 Å². The lowest BCUT2D eigenvalue weighted by Gasteiger charge is -2.41. The molecule has 1 aromatic heterocycles. The Kier molecular flexibility index (Phi) is 6.35. The molecule has 3 heteroatoms. The lowest BCUT2D eigenvalue weighted by molar-refractivity contribution is 0.434. The van der Waals surface area contributed by atoms with Crippen LogP contribution in [0.5, 0.6) is 11.5 Å². The smallest absolute Gasteiger partial charge is 0.132 e. The number of hydrogen-bond acceptors (Lipinski definition) is 3. The van der Waals surface area contributed by atoms with Crippen molar-refractivity contribution < 1.29 is 4.74 Å². The standard InChI is InChI=1S/C41H28N2O/c1-3-11-31(12-4-1)37-27-28-38(43-42-37)32-21-19-29(20-22-32)30-23-25-34(26-24-30)41(33-13-5-2-6-14-33)35-15-7-9-17-39(35)44-40-18-10-8-16-36(40)41/h1-28H. The van der Waals surface area contributed by atoms with Gasteiger partial charge in [0.05, 0.1) is 16.8 Å². The Balaban J connectivity index is 1.17. The zero-order valence-corrected chi connectivity index (χ0v) is 24.0. The Bertz CT molecular complexity index is 2010. The Morgan fingerprint density at radius 1 is 0.341 bits per heavy atom. The van der Waals surface area contributed by atoms with Crippen molar-refractivity contribution in [2.75, 3.05) is 0 Å². The average Bonchev–Trinajstić information content (AvgIpc) is 3.12. The SMILES string of the molecule is c1ccc(-c2ccc(-c3ccc(-c4ccc(C5(c6ccccc6)c6ccccc6Oc6ccccc65)cc4)cc3)nn2)cc1. The van der Waals surface area contributed by atoms with E-state index in [0.717, 1.165) is 56.3 Å². The highest BCUT2D eigenvalue weighted by Crippen LogP contribution is 2.55. The minimum absolute atomic E-state index is 0.514. The van der Waals surface area contributed by atoms with Crippen LogP contribution in [0, 0.1) is 0 Å². The highest BCUT2D eigenvalue weighted by molar-refractivity contribution is 5.73. The number of benzene rings is 6. The molecule has 7 aromatic rings. The lowest BCUT2D eigenvalue weighted by Crippen LogP contribution is -2.34. The van der Waals surface area contributed by atoms with E-state index in [1.165, 1.54) is 11.1 Å². The van der Waals surface area contributed by atoms with Crippen LogP contribution in [0.3, 0.4) is 0 Å². The first-order chi connectivity index (χ1) is 21.8. The summed E-state index contributed by atoms with van der Waals surface area (Å²) in [6, 6.07) is 59.3. The summed E-state index contributed by atoms with van der Waals surface area (Å²) in [4.78, 5) is 0. The third-order valence-electron chi connectivity index (χ3n) is 8.57. The first kappa shape index (κ1) is 25.9. The molecule has 0 N–H and O–H groups in total. The second-order valence-corrected chi connectivity index (χ2v) is 11.0. The van der Waals surface area contributed by atoms with E-state index in [1.54, 1.807) is 0 Å². The lowest BCUT2D eigenvalue weighted by atomic mass is 9.63. The highest BCUT2D eigenvalue weighted by Gasteiger charge is 2.45. The molecule has 0 saturated heterocycles. The summed E-state index contributed by atoms with van der Waals surface area (Å²) < 4.78 is 6.44. The van der Waals surface area contributed by atoms with Crippen molar-refractivity contribution in [1.29, 1.82) is 0 Å². The third-order valence-corrected chi connectivity index (χ3v) is 8.57. The molecule has 0 amide bonds. The van der Waals surface area contributed by atoms with Gasteiger partial charge in [0.2, 0.25) is 0 Å². The van der Waals surface area contributed by atoms with Crippen LogP contribution >= 0.6 is 0 Å². The van der Waals surface area contributed by atoms with Gasteiger partial charge in [-0.15, -0.1) is 10.2 Å². The Morgan fingerprint density at radius 2 is 0.750 bits per heavy atom. The van der Waals surface area contributed by atoms with Crippen molar-refractivity contribution >= 4 is 0 Å². The minimum Gasteiger partial charge on any atom is -0.457 e. The average molecular weight is 565 g/mol. The van der Waals surface area contributed by atoms with E-state index in [4.69, 9.17) is 4.74 Å². The Morgan fingerprint density at radius 3 is 1.30 bits per heavy atom. The molecular formula is C41H28N2O. The molecular weight excluding hydrogens is 536 g/mol. The van der Waals surface area contributed by atoms with Gasteiger partial charge in [0, 0.05) is 22.3 Å².